The van der Waals surface area contributed by atoms with Gasteiger partial charge in [0.15, 0.2) is 4.34 Å². The first-order valence-corrected chi connectivity index (χ1v) is 10.6. The first-order chi connectivity index (χ1) is 13.4. The summed E-state index contributed by atoms with van der Waals surface area (Å²) in [5, 5.41) is 14.8. The highest BCUT2D eigenvalue weighted by Crippen LogP contribution is 2.27. The molecule has 0 bridgehead atoms. The number of hydrogen-bond donors (Lipinski definition) is 2. The number of hydrogen-bond acceptors (Lipinski definition) is 6. The molecule has 0 aliphatic carbocycles. The Labute approximate surface area is 183 Å². The first-order valence-electron chi connectivity index (χ1n) is 7.69. The van der Waals surface area contributed by atoms with Crippen LogP contribution >= 0.6 is 57.9 Å². The quantitative estimate of drug-likeness (QED) is 0.366. The Hall–Kier alpha value is -1.84. The van der Waals surface area contributed by atoms with E-state index in [2.05, 4.69) is 20.8 Å². The number of anilines is 2. The fourth-order valence-electron chi connectivity index (χ4n) is 2.01. The van der Waals surface area contributed by atoms with E-state index in [1.165, 1.54) is 17.8 Å². The Morgan fingerprint density at radius 3 is 2.43 bits per heavy atom. The molecule has 1 aromatic heterocycles. The Morgan fingerprint density at radius 1 is 0.964 bits per heavy atom. The summed E-state index contributed by atoms with van der Waals surface area (Å²) in [4.78, 5) is 24.3. The van der Waals surface area contributed by atoms with Gasteiger partial charge in [-0.3, -0.25) is 14.9 Å². The van der Waals surface area contributed by atoms with Crippen LogP contribution in [0.4, 0.5) is 10.8 Å². The fourth-order valence-corrected chi connectivity index (χ4v) is 4.06. The molecule has 11 heteroatoms. The predicted octanol–water partition coefficient (Wildman–Crippen LogP) is 5.48. The van der Waals surface area contributed by atoms with Crippen LogP contribution in [0.5, 0.6) is 0 Å². The molecule has 0 saturated carbocycles. The van der Waals surface area contributed by atoms with Gasteiger partial charge in [-0.2, -0.15) is 0 Å². The van der Waals surface area contributed by atoms with Gasteiger partial charge in [0.2, 0.25) is 11.0 Å². The average molecular weight is 474 g/mol. The van der Waals surface area contributed by atoms with Gasteiger partial charge in [-0.05, 0) is 42.5 Å². The van der Waals surface area contributed by atoms with E-state index in [1.54, 1.807) is 36.4 Å². The topological polar surface area (TPSA) is 84.0 Å². The Morgan fingerprint density at radius 2 is 1.68 bits per heavy atom. The maximum atomic E-state index is 12.3. The van der Waals surface area contributed by atoms with Crippen molar-refractivity contribution in [1.82, 2.24) is 10.2 Å². The number of aromatic nitrogens is 2. The lowest BCUT2D eigenvalue weighted by atomic mass is 10.2. The lowest BCUT2D eigenvalue weighted by Crippen LogP contribution is -2.13. The lowest BCUT2D eigenvalue weighted by molar-refractivity contribution is -0.113. The average Bonchev–Trinajstić information content (AvgIpc) is 3.11. The molecular weight excluding hydrogens is 463 g/mol. The molecule has 3 rings (SSSR count). The first kappa shape index (κ1) is 20.9. The molecule has 0 aliphatic rings. The summed E-state index contributed by atoms with van der Waals surface area (Å²) in [5.74, 6) is -0.495. The predicted molar refractivity (Wildman–Crippen MR) is 115 cm³/mol. The summed E-state index contributed by atoms with van der Waals surface area (Å²) in [6.07, 6.45) is 0. The third-order valence-electron chi connectivity index (χ3n) is 3.25. The van der Waals surface area contributed by atoms with Crippen LogP contribution in [-0.4, -0.2) is 27.8 Å². The standard InChI is InChI=1S/C17H11Cl3N4O2S2/c18-9-1-4-11(5-2-9)21-14(25)8-27-17-24-23-16(28-17)22-15(26)12-7-10(19)3-6-13(12)20/h1-7H,8H2,(H,21,25)(H,22,23,26). The van der Waals surface area contributed by atoms with E-state index in [4.69, 9.17) is 34.8 Å². The molecule has 28 heavy (non-hydrogen) atoms. The Kier molecular flexibility index (Phi) is 7.14. The summed E-state index contributed by atoms with van der Waals surface area (Å²) in [6.45, 7) is 0. The number of halogens is 3. The van der Waals surface area contributed by atoms with Crippen molar-refractivity contribution in [3.05, 3.63) is 63.1 Å². The molecule has 1 heterocycles. The van der Waals surface area contributed by atoms with E-state index in [9.17, 15) is 9.59 Å². The van der Waals surface area contributed by atoms with E-state index >= 15 is 0 Å². The van der Waals surface area contributed by atoms with Gasteiger partial charge in [0.25, 0.3) is 5.91 Å². The molecule has 0 aliphatic heterocycles. The van der Waals surface area contributed by atoms with Crippen molar-refractivity contribution in [3.8, 4) is 0 Å². The summed E-state index contributed by atoms with van der Waals surface area (Å²) >= 11 is 20.1. The molecule has 2 N–H and O–H groups in total. The maximum Gasteiger partial charge on any atom is 0.259 e. The van der Waals surface area contributed by atoms with Gasteiger partial charge in [0.05, 0.1) is 16.3 Å². The second-order valence-electron chi connectivity index (χ2n) is 5.30. The monoisotopic (exact) mass is 472 g/mol. The largest absolute Gasteiger partial charge is 0.325 e. The van der Waals surface area contributed by atoms with E-state index in [1.807, 2.05) is 0 Å². The van der Waals surface area contributed by atoms with E-state index in [-0.39, 0.29) is 22.2 Å². The number of carbonyl (C=O) groups excluding carboxylic acids is 2. The molecular formula is C17H11Cl3N4O2S2. The van der Waals surface area contributed by atoms with Crippen LogP contribution < -0.4 is 10.6 Å². The fraction of sp³-hybridized carbons (Fsp3) is 0.0588. The maximum absolute atomic E-state index is 12.3. The number of nitrogens with one attached hydrogen (secondary N) is 2. The van der Waals surface area contributed by atoms with Crippen molar-refractivity contribution < 1.29 is 9.59 Å². The van der Waals surface area contributed by atoms with Gasteiger partial charge < -0.3 is 5.32 Å². The summed E-state index contributed by atoms with van der Waals surface area (Å²) in [5.41, 5.74) is 0.888. The number of nitrogens with zero attached hydrogens (tertiary/aromatic N) is 2. The van der Waals surface area contributed by atoms with Crippen molar-refractivity contribution in [2.24, 2.45) is 0 Å². The third kappa shape index (κ3) is 5.83. The third-order valence-corrected chi connectivity index (χ3v) is 6.04. The Bertz CT molecular complexity index is 1010. The number of amides is 2. The number of carbonyl (C=O) groups is 2. The summed E-state index contributed by atoms with van der Waals surface area (Å²) < 4.78 is 0.541. The zero-order valence-electron chi connectivity index (χ0n) is 13.9. The SMILES string of the molecule is O=C(CSc1nnc(NC(=O)c2cc(Cl)ccc2Cl)s1)Nc1ccc(Cl)cc1. The molecule has 2 aromatic carbocycles. The van der Waals surface area contributed by atoms with Gasteiger partial charge in [0, 0.05) is 15.7 Å². The Balaban J connectivity index is 1.53. The number of benzene rings is 2. The van der Waals surface area contributed by atoms with Crippen molar-refractivity contribution in [1.29, 1.82) is 0 Å². The van der Waals surface area contributed by atoms with Gasteiger partial charge in [-0.15, -0.1) is 10.2 Å². The molecule has 2 amide bonds. The van der Waals surface area contributed by atoms with Crippen molar-refractivity contribution in [2.75, 3.05) is 16.4 Å². The van der Waals surface area contributed by atoms with Gasteiger partial charge in [0.1, 0.15) is 0 Å². The highest BCUT2D eigenvalue weighted by Gasteiger charge is 2.15. The molecule has 0 fully saturated rings. The van der Waals surface area contributed by atoms with Crippen LogP contribution in [0.2, 0.25) is 15.1 Å². The highest BCUT2D eigenvalue weighted by atomic mass is 35.5. The number of rotatable bonds is 6. The minimum absolute atomic E-state index is 0.144. The zero-order valence-corrected chi connectivity index (χ0v) is 17.8. The van der Waals surface area contributed by atoms with E-state index in [0.29, 0.717) is 25.2 Å². The molecule has 0 radical (unpaired) electrons. The second kappa shape index (κ2) is 9.58. The van der Waals surface area contributed by atoms with Crippen LogP contribution in [0, 0.1) is 0 Å². The van der Waals surface area contributed by atoms with Crippen molar-refractivity contribution in [2.45, 2.75) is 4.34 Å². The van der Waals surface area contributed by atoms with Crippen LogP contribution in [-0.2, 0) is 4.79 Å². The second-order valence-corrected chi connectivity index (χ2v) is 8.78. The van der Waals surface area contributed by atoms with Gasteiger partial charge in [-0.25, -0.2) is 0 Å². The molecule has 0 spiro atoms. The minimum atomic E-state index is -0.444. The molecule has 0 atom stereocenters. The molecule has 0 saturated heterocycles. The lowest BCUT2D eigenvalue weighted by Gasteiger charge is -2.04. The molecule has 144 valence electrons. The zero-order chi connectivity index (χ0) is 20.1. The van der Waals surface area contributed by atoms with Gasteiger partial charge >= 0.3 is 0 Å². The van der Waals surface area contributed by atoms with Crippen LogP contribution in [0.1, 0.15) is 10.4 Å². The minimum Gasteiger partial charge on any atom is -0.325 e. The van der Waals surface area contributed by atoms with E-state index in [0.717, 1.165) is 11.3 Å². The molecule has 6 nitrogen and oxygen atoms in total. The number of thioether (sulfide) groups is 1. The smallest absolute Gasteiger partial charge is 0.259 e. The van der Waals surface area contributed by atoms with E-state index < -0.39 is 5.91 Å². The molecule has 0 unspecified atom stereocenters. The summed E-state index contributed by atoms with van der Waals surface area (Å²) in [6, 6.07) is 11.4. The highest BCUT2D eigenvalue weighted by molar-refractivity contribution is 8.01. The van der Waals surface area contributed by atoms with Crippen LogP contribution in [0.25, 0.3) is 0 Å². The van der Waals surface area contributed by atoms with Gasteiger partial charge in [-0.1, -0.05) is 57.9 Å². The normalized spacial score (nSPS) is 10.5. The van der Waals surface area contributed by atoms with Crippen LogP contribution in [0.3, 0.4) is 0 Å². The summed E-state index contributed by atoms with van der Waals surface area (Å²) in [7, 11) is 0. The van der Waals surface area contributed by atoms with Crippen LogP contribution in [0.15, 0.2) is 46.8 Å². The van der Waals surface area contributed by atoms with Crippen molar-refractivity contribution in [3.63, 3.8) is 0 Å². The van der Waals surface area contributed by atoms with Crippen molar-refractivity contribution >= 4 is 80.5 Å². The molecule has 3 aromatic rings.